The maximum atomic E-state index is 12.2. The van der Waals surface area contributed by atoms with Crippen molar-refractivity contribution in [2.24, 2.45) is 0 Å². The lowest BCUT2D eigenvalue weighted by Gasteiger charge is -2.24. The molecule has 1 heterocycles. The summed E-state index contributed by atoms with van der Waals surface area (Å²) in [4.78, 5) is 11.5. The van der Waals surface area contributed by atoms with Crippen molar-refractivity contribution in [3.63, 3.8) is 0 Å². The number of anilines is 1. The molecule has 0 aromatic heterocycles. The third kappa shape index (κ3) is 6.77. The van der Waals surface area contributed by atoms with Crippen LogP contribution in [-0.2, 0) is 25.1 Å². The van der Waals surface area contributed by atoms with Crippen LogP contribution in [0.4, 0.5) is 11.4 Å². The van der Waals surface area contributed by atoms with Gasteiger partial charge in [-0.1, -0.05) is 56.2 Å². The third-order valence-electron chi connectivity index (χ3n) is 7.69. The number of esters is 1. The second-order valence-electron chi connectivity index (χ2n) is 10.5. The van der Waals surface area contributed by atoms with Crippen molar-refractivity contribution < 1.29 is 27.1 Å². The second-order valence-corrected chi connectivity index (χ2v) is 11.9. The lowest BCUT2D eigenvalue weighted by atomic mass is 9.73. The first-order chi connectivity index (χ1) is 19.7. The van der Waals surface area contributed by atoms with E-state index in [1.54, 1.807) is 12.1 Å². The Morgan fingerprint density at radius 1 is 1.00 bits per heavy atom. The van der Waals surface area contributed by atoms with Gasteiger partial charge in [-0.05, 0) is 55.5 Å². The number of allylic oxidation sites excluding steroid dienone is 3. The minimum absolute atomic E-state index is 0.0841. The second kappa shape index (κ2) is 13.3. The van der Waals surface area contributed by atoms with E-state index in [4.69, 9.17) is 4.74 Å². The number of carbonyl (C=O) groups excluding carboxylic acids is 1. The van der Waals surface area contributed by atoms with Gasteiger partial charge in [-0.15, -0.1) is 0 Å². The van der Waals surface area contributed by atoms with E-state index in [1.165, 1.54) is 13.2 Å². The minimum Gasteiger partial charge on any atom is -0.469 e. The number of ether oxygens (including phenoxy) is 1. The van der Waals surface area contributed by atoms with Crippen molar-refractivity contribution in [3.8, 4) is 0 Å². The molecule has 1 atom stereocenters. The monoisotopic (exact) mass is 575 g/mol. The van der Waals surface area contributed by atoms with Gasteiger partial charge in [0.15, 0.2) is 5.71 Å². The summed E-state index contributed by atoms with van der Waals surface area (Å²) >= 11 is 0. The zero-order chi connectivity index (χ0) is 29.5. The topological polar surface area (TPSA) is 95.7 Å². The average Bonchev–Trinajstić information content (AvgIpc) is 3.19. The predicted molar refractivity (Wildman–Crippen MR) is 165 cm³/mol. The van der Waals surface area contributed by atoms with Crippen molar-refractivity contribution >= 4 is 43.9 Å². The fourth-order valence-electron chi connectivity index (χ4n) is 5.80. The summed E-state index contributed by atoms with van der Waals surface area (Å²) < 4.78 is 41.6. The van der Waals surface area contributed by atoms with Crippen molar-refractivity contribution in [3.05, 3.63) is 90.7 Å². The van der Waals surface area contributed by atoms with Gasteiger partial charge in [-0.3, -0.25) is 9.35 Å². The van der Waals surface area contributed by atoms with Crippen LogP contribution in [0.15, 0.2) is 90.0 Å². The van der Waals surface area contributed by atoms with Gasteiger partial charge in [0.1, 0.15) is 11.4 Å². The molecule has 2 N–H and O–H groups in total. The molecule has 0 saturated carbocycles. The van der Waals surface area contributed by atoms with E-state index in [-0.39, 0.29) is 10.9 Å². The van der Waals surface area contributed by atoms with Crippen LogP contribution in [0, 0.1) is 0 Å². The molecular formula is C33H39N2O5S+. The Morgan fingerprint density at radius 3 is 2.49 bits per heavy atom. The normalized spacial score (nSPS) is 17.1. The fourth-order valence-corrected chi connectivity index (χ4v) is 6.51. The summed E-state index contributed by atoms with van der Waals surface area (Å²) in [6, 6.07) is 18.8. The number of unbranched alkanes of at least 4 members (excludes halogenated alkanes) is 2. The van der Waals surface area contributed by atoms with Gasteiger partial charge in [-0.2, -0.15) is 13.0 Å². The summed E-state index contributed by atoms with van der Waals surface area (Å²) in [5.74, 6) is -0.202. The number of carbonyl (C=O) groups is 1. The van der Waals surface area contributed by atoms with E-state index in [0.717, 1.165) is 66.7 Å². The molecule has 0 fully saturated rings. The molecule has 7 nitrogen and oxygen atoms in total. The van der Waals surface area contributed by atoms with Crippen LogP contribution in [0.3, 0.4) is 0 Å². The standard InChI is InChI=1S/C33H38N2O5S/c1-4-24-35-28-21-20-26-27(16-13-17-29(26)41(37,38)39)32(28)33(2,22-11-6-9-19-31(36)40-3)30(35)18-10-12-23-34-25-14-7-5-8-15-25/h5,7-8,10,12-18,20-21,23H,4,6,9,11,19,22,24H2,1-3H3,(H,37,38,39)/p+1. The summed E-state index contributed by atoms with van der Waals surface area (Å²) in [6.45, 7) is 5.16. The highest BCUT2D eigenvalue weighted by atomic mass is 32.2. The SMILES string of the molecule is CCC[N+]1=C(/C=C/C=C/Nc2ccccc2)C(C)(CCCCCC(=O)OC)c2c1ccc1c(S(=O)(=O)O)cccc21. The fraction of sp³-hybridized carbons (Fsp3) is 0.333. The Kier molecular flexibility index (Phi) is 9.78. The molecule has 4 rings (SSSR count). The number of rotatable bonds is 13. The maximum absolute atomic E-state index is 12.2. The van der Waals surface area contributed by atoms with Gasteiger partial charge < -0.3 is 10.1 Å². The van der Waals surface area contributed by atoms with Gasteiger partial charge in [0.2, 0.25) is 5.69 Å². The molecule has 8 heteroatoms. The highest BCUT2D eigenvalue weighted by Gasteiger charge is 2.48. The third-order valence-corrected chi connectivity index (χ3v) is 8.61. The summed E-state index contributed by atoms with van der Waals surface area (Å²) in [7, 11) is -2.99. The lowest BCUT2D eigenvalue weighted by molar-refractivity contribution is -0.437. The van der Waals surface area contributed by atoms with Crippen LogP contribution < -0.4 is 5.32 Å². The highest BCUT2D eigenvalue weighted by molar-refractivity contribution is 7.86. The Hall–Kier alpha value is -3.75. The van der Waals surface area contributed by atoms with Crippen LogP contribution in [0.2, 0.25) is 0 Å². The van der Waals surface area contributed by atoms with Crippen molar-refractivity contribution in [2.45, 2.75) is 62.7 Å². The van der Waals surface area contributed by atoms with Crippen LogP contribution in [0.5, 0.6) is 0 Å². The number of nitrogens with one attached hydrogen (secondary N) is 1. The van der Waals surface area contributed by atoms with E-state index < -0.39 is 15.5 Å². The van der Waals surface area contributed by atoms with Gasteiger partial charge in [-0.25, -0.2) is 0 Å². The quantitative estimate of drug-likeness (QED) is 0.0738. The Labute approximate surface area is 243 Å². The molecule has 3 aromatic carbocycles. The molecule has 1 unspecified atom stereocenters. The minimum atomic E-state index is -4.39. The molecule has 0 aliphatic carbocycles. The van der Waals surface area contributed by atoms with E-state index in [2.05, 4.69) is 29.8 Å². The van der Waals surface area contributed by atoms with Gasteiger partial charge >= 0.3 is 5.97 Å². The Morgan fingerprint density at radius 2 is 1.78 bits per heavy atom. The lowest BCUT2D eigenvalue weighted by Crippen LogP contribution is -2.31. The molecule has 216 valence electrons. The molecule has 3 aromatic rings. The van der Waals surface area contributed by atoms with E-state index in [9.17, 15) is 17.8 Å². The first-order valence-corrected chi connectivity index (χ1v) is 15.5. The largest absolute Gasteiger partial charge is 0.469 e. The first kappa shape index (κ1) is 30.2. The average molecular weight is 576 g/mol. The van der Waals surface area contributed by atoms with E-state index in [0.29, 0.717) is 11.8 Å². The molecular weight excluding hydrogens is 536 g/mol. The van der Waals surface area contributed by atoms with E-state index >= 15 is 0 Å². The molecule has 1 aliphatic heterocycles. The predicted octanol–water partition coefficient (Wildman–Crippen LogP) is 7.16. The van der Waals surface area contributed by atoms with Gasteiger partial charge in [0, 0.05) is 47.8 Å². The van der Waals surface area contributed by atoms with Crippen molar-refractivity contribution in [2.75, 3.05) is 19.0 Å². The summed E-state index contributed by atoms with van der Waals surface area (Å²) in [5.41, 5.74) is 3.83. The number of fused-ring (bicyclic) bond motifs is 3. The van der Waals surface area contributed by atoms with Crippen LogP contribution in [0.1, 0.15) is 57.9 Å². The number of nitrogens with zero attached hydrogens (tertiary/aromatic N) is 1. The number of methoxy groups -OCH3 is 1. The molecule has 0 bridgehead atoms. The zero-order valence-electron chi connectivity index (χ0n) is 24.0. The summed E-state index contributed by atoms with van der Waals surface area (Å²) in [6.07, 6.45) is 12.7. The molecule has 1 aliphatic rings. The van der Waals surface area contributed by atoms with Gasteiger partial charge in [0.25, 0.3) is 10.1 Å². The smallest absolute Gasteiger partial charge is 0.305 e. The van der Waals surface area contributed by atoms with Gasteiger partial charge in [0.05, 0.1) is 12.5 Å². The molecule has 41 heavy (non-hydrogen) atoms. The number of hydrogen-bond acceptors (Lipinski definition) is 5. The Bertz CT molecular complexity index is 1590. The van der Waals surface area contributed by atoms with Crippen molar-refractivity contribution in [1.29, 1.82) is 0 Å². The van der Waals surface area contributed by atoms with E-state index in [1.807, 2.05) is 60.8 Å². The molecule has 0 saturated heterocycles. The van der Waals surface area contributed by atoms with Crippen LogP contribution in [0.25, 0.3) is 10.8 Å². The first-order valence-electron chi connectivity index (χ1n) is 14.1. The molecule has 0 spiro atoms. The number of benzene rings is 3. The van der Waals surface area contributed by atoms with Crippen molar-refractivity contribution in [1.82, 2.24) is 0 Å². The molecule has 0 radical (unpaired) electrons. The molecule has 0 amide bonds. The maximum Gasteiger partial charge on any atom is 0.305 e. The number of hydrogen-bond donors (Lipinski definition) is 2. The summed E-state index contributed by atoms with van der Waals surface area (Å²) in [5, 5.41) is 4.61. The van der Waals surface area contributed by atoms with Crippen LogP contribution in [-0.4, -0.2) is 42.9 Å². The van der Waals surface area contributed by atoms with Crippen LogP contribution >= 0.6 is 0 Å². The zero-order valence-corrected chi connectivity index (χ0v) is 24.8. The number of para-hydroxylation sites is 1. The Balaban J connectivity index is 1.75. The highest BCUT2D eigenvalue weighted by Crippen LogP contribution is 2.48.